The Morgan fingerprint density at radius 1 is 1.38 bits per heavy atom. The van der Waals surface area contributed by atoms with E-state index in [1.165, 1.54) is 17.5 Å². The van der Waals surface area contributed by atoms with Crippen LogP contribution >= 0.6 is 0 Å². The monoisotopic (exact) mass is 219 g/mol. The van der Waals surface area contributed by atoms with Crippen molar-refractivity contribution in [1.82, 2.24) is 5.32 Å². The van der Waals surface area contributed by atoms with E-state index in [-0.39, 0.29) is 5.41 Å². The van der Waals surface area contributed by atoms with E-state index in [2.05, 4.69) is 36.5 Å². The van der Waals surface area contributed by atoms with E-state index >= 15 is 0 Å². The highest BCUT2D eigenvalue weighted by Crippen LogP contribution is 2.43. The third-order valence-corrected chi connectivity index (χ3v) is 3.55. The molecule has 3 nitrogen and oxygen atoms in total. The van der Waals surface area contributed by atoms with Gasteiger partial charge in [-0.1, -0.05) is 36.2 Å². The summed E-state index contributed by atoms with van der Waals surface area (Å²) in [5, 5.41) is 11.2. The molecule has 1 aromatic rings. The molecule has 0 radical (unpaired) electrons. The van der Waals surface area contributed by atoms with Crippen LogP contribution in [0.2, 0.25) is 0 Å². The molecule has 1 fully saturated rings. The Kier molecular flexibility index (Phi) is 2.86. The molecule has 1 aliphatic rings. The van der Waals surface area contributed by atoms with E-state index in [0.717, 1.165) is 12.8 Å². The zero-order valence-electron chi connectivity index (χ0n) is 9.49. The predicted octanol–water partition coefficient (Wildman–Crippen LogP) is 2.68. The lowest BCUT2D eigenvalue weighted by atomic mass is 9.64. The van der Waals surface area contributed by atoms with E-state index in [9.17, 15) is 4.79 Å². The molecule has 3 heteroatoms. The average Bonchev–Trinajstić information content (AvgIpc) is 2.18. The van der Waals surface area contributed by atoms with Gasteiger partial charge in [-0.2, -0.15) is 0 Å². The average molecular weight is 219 g/mol. The van der Waals surface area contributed by atoms with Gasteiger partial charge in [-0.05, 0) is 25.3 Å². The molecule has 0 saturated heterocycles. The number of aryl methyl sites for hydroxylation is 1. The molecule has 1 aromatic carbocycles. The van der Waals surface area contributed by atoms with Gasteiger partial charge in [0.25, 0.3) is 0 Å². The first kappa shape index (κ1) is 11.0. The van der Waals surface area contributed by atoms with Crippen LogP contribution in [-0.2, 0) is 5.41 Å². The summed E-state index contributed by atoms with van der Waals surface area (Å²) in [6, 6.07) is 8.43. The van der Waals surface area contributed by atoms with Gasteiger partial charge in [-0.25, -0.2) is 4.79 Å². The number of hydrogen-bond donors (Lipinski definition) is 2. The van der Waals surface area contributed by atoms with E-state index in [0.29, 0.717) is 6.54 Å². The first-order chi connectivity index (χ1) is 7.62. The van der Waals surface area contributed by atoms with E-state index in [4.69, 9.17) is 5.11 Å². The third-order valence-electron chi connectivity index (χ3n) is 3.55. The van der Waals surface area contributed by atoms with Crippen molar-refractivity contribution in [3.63, 3.8) is 0 Å². The smallest absolute Gasteiger partial charge is 0.404 e. The summed E-state index contributed by atoms with van der Waals surface area (Å²) in [6.45, 7) is 2.60. The molecule has 2 N–H and O–H groups in total. The van der Waals surface area contributed by atoms with E-state index < -0.39 is 6.09 Å². The molecule has 86 valence electrons. The second-order valence-corrected chi connectivity index (χ2v) is 4.66. The van der Waals surface area contributed by atoms with Crippen LogP contribution in [0.3, 0.4) is 0 Å². The SMILES string of the molecule is Cc1ccc(C2(CNC(=O)O)CCC2)cc1. The molecule has 16 heavy (non-hydrogen) atoms. The number of rotatable bonds is 3. The van der Waals surface area contributed by atoms with Gasteiger partial charge in [0.15, 0.2) is 0 Å². The van der Waals surface area contributed by atoms with Crippen LogP contribution in [0.5, 0.6) is 0 Å². The number of carbonyl (C=O) groups is 1. The highest BCUT2D eigenvalue weighted by atomic mass is 16.4. The second-order valence-electron chi connectivity index (χ2n) is 4.66. The highest BCUT2D eigenvalue weighted by molar-refractivity contribution is 5.64. The lowest BCUT2D eigenvalue weighted by Crippen LogP contribution is -2.45. The van der Waals surface area contributed by atoms with Crippen LogP contribution in [0, 0.1) is 6.92 Å². The number of amides is 1. The van der Waals surface area contributed by atoms with Crippen molar-refractivity contribution >= 4 is 6.09 Å². The molecule has 0 bridgehead atoms. The van der Waals surface area contributed by atoms with Crippen LogP contribution in [0.4, 0.5) is 4.79 Å². The number of hydrogen-bond acceptors (Lipinski definition) is 1. The topological polar surface area (TPSA) is 49.3 Å². The fourth-order valence-electron chi connectivity index (χ4n) is 2.32. The van der Waals surface area contributed by atoms with Crippen LogP contribution < -0.4 is 5.32 Å². The lowest BCUT2D eigenvalue weighted by molar-refractivity contribution is 0.179. The highest BCUT2D eigenvalue weighted by Gasteiger charge is 2.38. The fourth-order valence-corrected chi connectivity index (χ4v) is 2.32. The molecular weight excluding hydrogens is 202 g/mol. The Labute approximate surface area is 95.5 Å². The molecule has 1 amide bonds. The Balaban J connectivity index is 2.14. The molecule has 0 unspecified atom stereocenters. The van der Waals surface area contributed by atoms with E-state index in [1.807, 2.05) is 0 Å². The zero-order chi connectivity index (χ0) is 11.6. The zero-order valence-corrected chi connectivity index (χ0v) is 9.49. The molecular formula is C13H17NO2. The fraction of sp³-hybridized carbons (Fsp3) is 0.462. The summed E-state index contributed by atoms with van der Waals surface area (Å²) >= 11 is 0. The summed E-state index contributed by atoms with van der Waals surface area (Å²) < 4.78 is 0. The van der Waals surface area contributed by atoms with Crippen molar-refractivity contribution in [3.05, 3.63) is 35.4 Å². The van der Waals surface area contributed by atoms with Crippen molar-refractivity contribution in [2.45, 2.75) is 31.6 Å². The van der Waals surface area contributed by atoms with Crippen molar-refractivity contribution in [2.24, 2.45) is 0 Å². The molecule has 2 rings (SSSR count). The number of nitrogens with one attached hydrogen (secondary N) is 1. The molecule has 1 saturated carbocycles. The minimum atomic E-state index is -0.932. The minimum Gasteiger partial charge on any atom is -0.465 e. The summed E-state index contributed by atoms with van der Waals surface area (Å²) in [7, 11) is 0. The maximum absolute atomic E-state index is 10.6. The Morgan fingerprint density at radius 2 is 2.00 bits per heavy atom. The van der Waals surface area contributed by atoms with Crippen LogP contribution in [-0.4, -0.2) is 17.7 Å². The van der Waals surface area contributed by atoms with Crippen molar-refractivity contribution < 1.29 is 9.90 Å². The quantitative estimate of drug-likeness (QED) is 0.821. The van der Waals surface area contributed by atoms with Gasteiger partial charge in [0.1, 0.15) is 0 Å². The summed E-state index contributed by atoms with van der Waals surface area (Å²) in [5.41, 5.74) is 2.55. The maximum atomic E-state index is 10.6. The van der Waals surface area contributed by atoms with Crippen molar-refractivity contribution in [1.29, 1.82) is 0 Å². The van der Waals surface area contributed by atoms with Gasteiger partial charge < -0.3 is 10.4 Å². The Morgan fingerprint density at radius 3 is 2.44 bits per heavy atom. The van der Waals surface area contributed by atoms with Crippen molar-refractivity contribution in [3.8, 4) is 0 Å². The Bertz CT molecular complexity index is 379. The molecule has 0 heterocycles. The molecule has 0 aliphatic heterocycles. The first-order valence-electron chi connectivity index (χ1n) is 5.66. The molecule has 0 atom stereocenters. The molecule has 1 aliphatic carbocycles. The van der Waals surface area contributed by atoms with Gasteiger partial charge in [-0.3, -0.25) is 0 Å². The third kappa shape index (κ3) is 2.03. The summed E-state index contributed by atoms with van der Waals surface area (Å²) in [4.78, 5) is 10.6. The minimum absolute atomic E-state index is 0.0477. The van der Waals surface area contributed by atoms with Crippen LogP contribution in [0.1, 0.15) is 30.4 Å². The largest absolute Gasteiger partial charge is 0.465 e. The lowest BCUT2D eigenvalue weighted by Gasteiger charge is -2.42. The van der Waals surface area contributed by atoms with Gasteiger partial charge in [0.05, 0.1) is 0 Å². The molecule has 0 aromatic heterocycles. The van der Waals surface area contributed by atoms with Crippen LogP contribution in [0.25, 0.3) is 0 Å². The van der Waals surface area contributed by atoms with Crippen LogP contribution in [0.15, 0.2) is 24.3 Å². The maximum Gasteiger partial charge on any atom is 0.404 e. The number of benzene rings is 1. The van der Waals surface area contributed by atoms with Gasteiger partial charge in [-0.15, -0.1) is 0 Å². The van der Waals surface area contributed by atoms with Crippen molar-refractivity contribution in [2.75, 3.05) is 6.54 Å². The molecule has 0 spiro atoms. The predicted molar refractivity (Wildman–Crippen MR) is 62.7 cm³/mol. The van der Waals surface area contributed by atoms with Gasteiger partial charge in [0.2, 0.25) is 0 Å². The Hall–Kier alpha value is -1.51. The second kappa shape index (κ2) is 4.16. The number of carboxylic acid groups (broad SMARTS) is 1. The normalized spacial score (nSPS) is 17.6. The standard InChI is InChI=1S/C13H17NO2/c1-10-3-5-11(6-4-10)13(7-2-8-13)9-14-12(15)16/h3-6,14H,2,7-9H2,1H3,(H,15,16). The summed E-state index contributed by atoms with van der Waals surface area (Å²) in [5.74, 6) is 0. The first-order valence-corrected chi connectivity index (χ1v) is 5.66. The summed E-state index contributed by atoms with van der Waals surface area (Å²) in [6.07, 6.45) is 2.42. The van der Waals surface area contributed by atoms with Gasteiger partial charge in [0, 0.05) is 12.0 Å². The van der Waals surface area contributed by atoms with Gasteiger partial charge >= 0.3 is 6.09 Å². The van der Waals surface area contributed by atoms with E-state index in [1.54, 1.807) is 0 Å².